The maximum atomic E-state index is 11.4. The van der Waals surface area contributed by atoms with E-state index < -0.39 is 92.0 Å². The van der Waals surface area contributed by atoms with Crippen LogP contribution in [0, 0.1) is 0 Å². The van der Waals surface area contributed by atoms with Crippen LogP contribution < -0.4 is 0 Å². The Bertz CT molecular complexity index is 977. The number of carbonyl (C=O) groups excluding carboxylic acids is 2. The number of hydrogen-bond donors (Lipinski definition) is 6. The minimum Gasteiger partial charge on any atom is -0.481 e. The Morgan fingerprint density at radius 2 is 1.17 bits per heavy atom. The number of rotatable bonds is 22. The number of unbranched alkanes of at least 4 members (excludes halogenated alkanes) is 8. The zero-order valence-corrected chi connectivity index (χ0v) is 28.3. The van der Waals surface area contributed by atoms with E-state index in [9.17, 15) is 39.9 Å². The molecule has 15 heteroatoms. The first-order chi connectivity index (χ1) is 22.8. The van der Waals surface area contributed by atoms with Crippen molar-refractivity contribution in [2.24, 2.45) is 0 Å². The Morgan fingerprint density at radius 1 is 0.667 bits per heavy atom. The number of hydrogen-bond acceptors (Lipinski definition) is 14. The van der Waals surface area contributed by atoms with Gasteiger partial charge in [0, 0.05) is 20.3 Å². The van der Waals surface area contributed by atoms with Crippen molar-refractivity contribution in [3.63, 3.8) is 0 Å². The first-order valence-electron chi connectivity index (χ1n) is 17.0. The molecule has 11 atom stereocenters. The Labute approximate surface area is 282 Å². The fourth-order valence-electron chi connectivity index (χ4n) is 5.49. The minimum absolute atomic E-state index is 0.236. The van der Waals surface area contributed by atoms with Crippen molar-refractivity contribution < 1.29 is 73.4 Å². The SMILES string of the molecule is CC(=O)OC[C@H]1O[C@@H](O[C@H]2[C@H](OC(C)CCCCC/C=C\CCCCCCCC(=O)O)O[C@H](COC(C)=O)[C@@H](O)[C@@H]2O)[C@H](O)[C@@H](O)[C@@H]1O. The van der Waals surface area contributed by atoms with E-state index >= 15 is 0 Å². The molecule has 0 radical (unpaired) electrons. The summed E-state index contributed by atoms with van der Waals surface area (Å²) in [7, 11) is 0. The number of carboxylic acids is 1. The summed E-state index contributed by atoms with van der Waals surface area (Å²) in [5, 5.41) is 61.7. The van der Waals surface area contributed by atoms with Crippen LogP contribution >= 0.6 is 0 Å². The van der Waals surface area contributed by atoms with E-state index in [4.69, 9.17) is 33.5 Å². The maximum Gasteiger partial charge on any atom is 0.303 e. The summed E-state index contributed by atoms with van der Waals surface area (Å²) in [4.78, 5) is 33.2. The van der Waals surface area contributed by atoms with Crippen molar-refractivity contribution in [3.8, 4) is 0 Å². The van der Waals surface area contributed by atoms with Gasteiger partial charge in [0.1, 0.15) is 62.0 Å². The zero-order valence-electron chi connectivity index (χ0n) is 28.3. The number of aliphatic carboxylic acids is 1. The molecule has 0 bridgehead atoms. The van der Waals surface area contributed by atoms with E-state index in [0.29, 0.717) is 6.42 Å². The smallest absolute Gasteiger partial charge is 0.303 e. The first kappa shape index (κ1) is 42.0. The Hall–Kier alpha value is -2.21. The van der Waals surface area contributed by atoms with Crippen LogP contribution in [0.3, 0.4) is 0 Å². The predicted molar refractivity (Wildman–Crippen MR) is 168 cm³/mol. The molecule has 2 aliphatic rings. The highest BCUT2D eigenvalue weighted by atomic mass is 16.8. The third-order valence-corrected chi connectivity index (χ3v) is 8.28. The van der Waals surface area contributed by atoms with Gasteiger partial charge in [-0.2, -0.15) is 0 Å². The lowest BCUT2D eigenvalue weighted by Crippen LogP contribution is -2.65. The van der Waals surface area contributed by atoms with Crippen molar-refractivity contribution in [3.05, 3.63) is 12.2 Å². The van der Waals surface area contributed by atoms with Gasteiger partial charge in [-0.3, -0.25) is 14.4 Å². The lowest BCUT2D eigenvalue weighted by Gasteiger charge is -2.46. The second kappa shape index (κ2) is 22.5. The Morgan fingerprint density at radius 3 is 1.73 bits per heavy atom. The predicted octanol–water partition coefficient (Wildman–Crippen LogP) is 1.48. The van der Waals surface area contributed by atoms with Gasteiger partial charge < -0.3 is 59.1 Å². The first-order valence-corrected chi connectivity index (χ1v) is 17.0. The van der Waals surface area contributed by atoms with Crippen LogP contribution in [0.1, 0.15) is 97.8 Å². The summed E-state index contributed by atoms with van der Waals surface area (Å²) in [5.74, 6) is -2.01. The van der Waals surface area contributed by atoms with Gasteiger partial charge in [-0.1, -0.05) is 44.3 Å². The standard InChI is InChI=1S/C33H56O15/c1-20(16-14-12-10-8-6-4-5-7-9-11-13-15-17-25(36)37)45-33-31(29(41)27(39)24(47-33)19-44-22(3)35)48-32-30(42)28(40)26(38)23(46-32)18-43-21(2)34/h4,6,20,23-24,26-33,38-42H,5,7-19H2,1-3H3,(H,36,37)/b6-4-/t20?,23-,24-,26-,27-,28+,29+,30-,31-,32+,33-/m1/s1. The van der Waals surface area contributed by atoms with Crippen LogP contribution in [0.4, 0.5) is 0 Å². The molecule has 1 unspecified atom stereocenters. The van der Waals surface area contributed by atoms with E-state index in [1.54, 1.807) is 0 Å². The van der Waals surface area contributed by atoms with E-state index in [1.165, 1.54) is 6.92 Å². The number of aliphatic hydroxyl groups excluding tert-OH is 5. The molecule has 48 heavy (non-hydrogen) atoms. The third kappa shape index (κ3) is 15.1. The second-order valence-electron chi connectivity index (χ2n) is 12.5. The average molecular weight is 693 g/mol. The molecule has 0 aromatic rings. The summed E-state index contributed by atoms with van der Waals surface area (Å²) >= 11 is 0. The number of carbonyl (C=O) groups is 3. The van der Waals surface area contributed by atoms with E-state index in [-0.39, 0.29) is 13.0 Å². The van der Waals surface area contributed by atoms with Gasteiger partial charge in [0.2, 0.25) is 0 Å². The molecule has 2 heterocycles. The van der Waals surface area contributed by atoms with Crippen molar-refractivity contribution in [1.29, 1.82) is 0 Å². The highest BCUT2D eigenvalue weighted by molar-refractivity contribution is 5.66. The fourth-order valence-corrected chi connectivity index (χ4v) is 5.49. The summed E-state index contributed by atoms with van der Waals surface area (Å²) in [6.07, 6.45) is -0.775. The molecule has 2 saturated heterocycles. The number of ether oxygens (including phenoxy) is 6. The molecule has 278 valence electrons. The summed E-state index contributed by atoms with van der Waals surface area (Å²) in [6, 6.07) is 0. The highest BCUT2D eigenvalue weighted by Gasteiger charge is 2.51. The number of allylic oxidation sites excluding steroid dienone is 2. The quantitative estimate of drug-likeness (QED) is 0.0536. The van der Waals surface area contributed by atoms with Gasteiger partial charge in [0.05, 0.1) is 6.10 Å². The van der Waals surface area contributed by atoms with Crippen LogP contribution in [0.2, 0.25) is 0 Å². The lowest BCUT2D eigenvalue weighted by molar-refractivity contribution is -0.371. The zero-order chi connectivity index (χ0) is 35.6. The second-order valence-corrected chi connectivity index (χ2v) is 12.5. The number of aliphatic hydroxyl groups is 5. The fraction of sp³-hybridized carbons (Fsp3) is 0.848. The van der Waals surface area contributed by atoms with Crippen molar-refractivity contribution in [1.82, 2.24) is 0 Å². The molecular formula is C33H56O15. The van der Waals surface area contributed by atoms with Gasteiger partial charge in [-0.05, 0) is 45.4 Å². The Balaban J connectivity index is 1.88. The highest BCUT2D eigenvalue weighted by Crippen LogP contribution is 2.31. The molecule has 2 aliphatic heterocycles. The van der Waals surface area contributed by atoms with Crippen molar-refractivity contribution in [2.75, 3.05) is 13.2 Å². The van der Waals surface area contributed by atoms with Crippen LogP contribution in [-0.2, 0) is 42.8 Å². The molecule has 0 amide bonds. The van der Waals surface area contributed by atoms with Gasteiger partial charge in [-0.25, -0.2) is 0 Å². The molecule has 2 fully saturated rings. The van der Waals surface area contributed by atoms with Gasteiger partial charge >= 0.3 is 17.9 Å². The summed E-state index contributed by atoms with van der Waals surface area (Å²) < 4.78 is 33.2. The summed E-state index contributed by atoms with van der Waals surface area (Å²) in [5.41, 5.74) is 0. The van der Waals surface area contributed by atoms with E-state index in [2.05, 4.69) is 12.2 Å². The molecule has 0 aromatic carbocycles. The van der Waals surface area contributed by atoms with Crippen LogP contribution in [-0.4, -0.2) is 129 Å². The van der Waals surface area contributed by atoms with Gasteiger partial charge in [0.15, 0.2) is 12.6 Å². The molecule has 15 nitrogen and oxygen atoms in total. The van der Waals surface area contributed by atoms with Gasteiger partial charge in [-0.15, -0.1) is 0 Å². The maximum absolute atomic E-state index is 11.4. The Kier molecular flexibility index (Phi) is 19.7. The molecule has 6 N–H and O–H groups in total. The largest absolute Gasteiger partial charge is 0.481 e. The number of carboxylic acid groups (broad SMARTS) is 1. The molecule has 0 aliphatic carbocycles. The molecule has 0 spiro atoms. The van der Waals surface area contributed by atoms with Crippen molar-refractivity contribution in [2.45, 2.75) is 165 Å². The molecular weight excluding hydrogens is 636 g/mol. The van der Waals surface area contributed by atoms with E-state index in [1.807, 2.05) is 6.92 Å². The van der Waals surface area contributed by atoms with E-state index in [0.717, 1.165) is 71.1 Å². The molecule has 0 aromatic heterocycles. The average Bonchev–Trinajstić information content (AvgIpc) is 3.03. The molecule has 2 rings (SSSR count). The van der Waals surface area contributed by atoms with Crippen LogP contribution in [0.25, 0.3) is 0 Å². The van der Waals surface area contributed by atoms with Crippen LogP contribution in [0.5, 0.6) is 0 Å². The summed E-state index contributed by atoms with van der Waals surface area (Å²) in [6.45, 7) is 3.33. The normalized spacial score (nSPS) is 31.4. The lowest BCUT2D eigenvalue weighted by atomic mass is 9.97. The van der Waals surface area contributed by atoms with Crippen molar-refractivity contribution >= 4 is 17.9 Å². The van der Waals surface area contributed by atoms with Gasteiger partial charge in [0.25, 0.3) is 0 Å². The van der Waals surface area contributed by atoms with Crippen LogP contribution in [0.15, 0.2) is 12.2 Å². The molecule has 0 saturated carbocycles. The monoisotopic (exact) mass is 692 g/mol. The topological polar surface area (TPSA) is 228 Å². The third-order valence-electron chi connectivity index (χ3n) is 8.28. The number of esters is 2. The minimum atomic E-state index is -1.78.